The topological polar surface area (TPSA) is 80.5 Å². The van der Waals surface area contributed by atoms with Gasteiger partial charge in [-0.2, -0.15) is 0 Å². The Balaban J connectivity index is 2.36. The van der Waals surface area contributed by atoms with Crippen molar-refractivity contribution in [2.75, 3.05) is 6.54 Å². The zero-order chi connectivity index (χ0) is 14.4. The van der Waals surface area contributed by atoms with Crippen molar-refractivity contribution < 1.29 is 13.2 Å². The van der Waals surface area contributed by atoms with Crippen molar-refractivity contribution >= 4 is 27.3 Å². The summed E-state index contributed by atoms with van der Waals surface area (Å²) in [5.41, 5.74) is -0.170. The number of nitrogens with two attached hydrogens (primary N) is 1. The number of sulfonamides is 1. The Bertz CT molecular complexity index is 617. The molecule has 1 amide bonds. The van der Waals surface area contributed by atoms with Crippen LogP contribution in [0, 0.1) is 6.92 Å². The summed E-state index contributed by atoms with van der Waals surface area (Å²) in [7, 11) is -3.76. The first-order valence-electron chi connectivity index (χ1n) is 6.08. The van der Waals surface area contributed by atoms with E-state index in [9.17, 15) is 13.2 Å². The van der Waals surface area contributed by atoms with Crippen molar-refractivity contribution in [2.45, 2.75) is 44.0 Å². The molecule has 2 heterocycles. The third-order valence-corrected chi connectivity index (χ3v) is 5.74. The molecular formula is C12H18N2O3S2. The Kier molecular flexibility index (Phi) is 3.49. The fourth-order valence-electron chi connectivity index (χ4n) is 2.47. The molecule has 0 aliphatic carbocycles. The van der Waals surface area contributed by atoms with Crippen LogP contribution in [0.1, 0.15) is 41.2 Å². The molecule has 0 saturated carbocycles. The summed E-state index contributed by atoms with van der Waals surface area (Å²) in [5.74, 6) is -0.106. The van der Waals surface area contributed by atoms with E-state index in [2.05, 4.69) is 0 Å². The summed E-state index contributed by atoms with van der Waals surface area (Å²) in [5, 5.41) is 5.13. The highest BCUT2D eigenvalue weighted by Gasteiger charge is 2.36. The van der Waals surface area contributed by atoms with Gasteiger partial charge in [-0.1, -0.05) is 0 Å². The zero-order valence-electron chi connectivity index (χ0n) is 11.3. The van der Waals surface area contributed by atoms with Gasteiger partial charge in [0.25, 0.3) is 5.91 Å². The fraction of sp³-hybridized carbons (Fsp3) is 0.583. The normalized spacial score (nSPS) is 18.8. The van der Waals surface area contributed by atoms with E-state index in [-0.39, 0.29) is 16.3 Å². The van der Waals surface area contributed by atoms with Crippen LogP contribution in [0.4, 0.5) is 0 Å². The minimum Gasteiger partial charge on any atom is -0.333 e. The first kappa shape index (κ1) is 14.5. The summed E-state index contributed by atoms with van der Waals surface area (Å²) in [6, 6.07) is 1.39. The van der Waals surface area contributed by atoms with Crippen LogP contribution in [-0.2, 0) is 10.0 Å². The average Bonchev–Trinajstić information content (AvgIpc) is 2.79. The second-order valence-corrected chi connectivity index (χ2v) is 8.24. The van der Waals surface area contributed by atoms with Crippen LogP contribution in [0.25, 0.3) is 0 Å². The SMILES string of the molecule is Cc1sc(C(=O)N2CCCC2(C)C)cc1S(N)(=O)=O. The molecule has 1 fully saturated rings. The molecule has 106 valence electrons. The summed E-state index contributed by atoms with van der Waals surface area (Å²) in [4.78, 5) is 15.3. The number of likely N-dealkylation sites (tertiary alicyclic amines) is 1. The number of hydrogen-bond acceptors (Lipinski definition) is 4. The highest BCUT2D eigenvalue weighted by molar-refractivity contribution is 7.89. The molecule has 1 aliphatic heterocycles. The first-order chi connectivity index (χ1) is 8.63. The van der Waals surface area contributed by atoms with E-state index in [0.29, 0.717) is 16.3 Å². The van der Waals surface area contributed by atoms with Gasteiger partial charge in [-0.25, -0.2) is 13.6 Å². The zero-order valence-corrected chi connectivity index (χ0v) is 12.9. The molecule has 2 rings (SSSR count). The summed E-state index contributed by atoms with van der Waals surface area (Å²) < 4.78 is 22.8. The van der Waals surface area contributed by atoms with Gasteiger partial charge in [0.05, 0.1) is 9.77 Å². The molecule has 1 aromatic heterocycles. The quantitative estimate of drug-likeness (QED) is 0.903. The highest BCUT2D eigenvalue weighted by Crippen LogP contribution is 2.32. The molecule has 2 N–H and O–H groups in total. The predicted octanol–water partition coefficient (Wildman–Crippen LogP) is 1.72. The number of hydrogen-bond donors (Lipinski definition) is 1. The Morgan fingerprint density at radius 3 is 2.53 bits per heavy atom. The molecule has 0 atom stereocenters. The van der Waals surface area contributed by atoms with Crippen molar-refractivity contribution in [3.05, 3.63) is 15.8 Å². The van der Waals surface area contributed by atoms with Crippen LogP contribution in [0.5, 0.6) is 0 Å². The van der Waals surface area contributed by atoms with Crippen molar-refractivity contribution in [3.63, 3.8) is 0 Å². The molecule has 19 heavy (non-hydrogen) atoms. The number of aryl methyl sites for hydroxylation is 1. The van der Waals surface area contributed by atoms with Crippen LogP contribution in [0.15, 0.2) is 11.0 Å². The molecule has 0 aromatic carbocycles. The maximum Gasteiger partial charge on any atom is 0.264 e. The van der Waals surface area contributed by atoms with Gasteiger partial charge in [-0.05, 0) is 39.7 Å². The fourth-order valence-corrected chi connectivity index (χ4v) is 4.56. The molecule has 0 spiro atoms. The average molecular weight is 302 g/mol. The largest absolute Gasteiger partial charge is 0.333 e. The van der Waals surface area contributed by atoms with Gasteiger partial charge < -0.3 is 4.90 Å². The van der Waals surface area contributed by atoms with Crippen molar-refractivity contribution in [3.8, 4) is 0 Å². The lowest BCUT2D eigenvalue weighted by Gasteiger charge is -2.31. The molecule has 1 aromatic rings. The van der Waals surface area contributed by atoms with Crippen LogP contribution >= 0.6 is 11.3 Å². The molecule has 0 unspecified atom stereocenters. The number of amides is 1. The lowest BCUT2D eigenvalue weighted by molar-refractivity contribution is 0.0657. The Labute approximate surface area is 117 Å². The van der Waals surface area contributed by atoms with E-state index in [4.69, 9.17) is 5.14 Å². The number of nitrogens with zero attached hydrogens (tertiary/aromatic N) is 1. The standard InChI is InChI=1S/C12H18N2O3S2/c1-8-10(19(13,16)17)7-9(18-8)11(15)14-6-4-5-12(14,2)3/h7H,4-6H2,1-3H3,(H2,13,16,17). The third-order valence-electron chi connectivity index (χ3n) is 3.54. The summed E-state index contributed by atoms with van der Waals surface area (Å²) >= 11 is 1.19. The molecule has 7 heteroatoms. The number of rotatable bonds is 2. The van der Waals surface area contributed by atoms with Gasteiger partial charge >= 0.3 is 0 Å². The minimum atomic E-state index is -3.76. The molecule has 0 radical (unpaired) electrons. The second-order valence-electron chi connectivity index (χ2n) is 5.45. The van der Waals surface area contributed by atoms with Gasteiger partial charge in [-0.15, -0.1) is 11.3 Å². The summed E-state index contributed by atoms with van der Waals surface area (Å²) in [6.45, 7) is 6.43. The maximum atomic E-state index is 12.5. The third kappa shape index (κ3) is 2.68. The van der Waals surface area contributed by atoms with E-state index in [1.807, 2.05) is 18.7 Å². The van der Waals surface area contributed by atoms with Crippen molar-refractivity contribution in [1.82, 2.24) is 4.90 Å². The van der Waals surface area contributed by atoms with E-state index in [0.717, 1.165) is 12.8 Å². The predicted molar refractivity (Wildman–Crippen MR) is 74.8 cm³/mol. The number of carbonyl (C=O) groups excluding carboxylic acids is 1. The monoisotopic (exact) mass is 302 g/mol. The Hall–Kier alpha value is -0.920. The smallest absolute Gasteiger partial charge is 0.264 e. The van der Waals surface area contributed by atoms with Crippen LogP contribution < -0.4 is 5.14 Å². The molecule has 5 nitrogen and oxygen atoms in total. The van der Waals surface area contributed by atoms with Crippen molar-refractivity contribution in [1.29, 1.82) is 0 Å². The molecule has 0 bridgehead atoms. The second kappa shape index (κ2) is 4.57. The Morgan fingerprint density at radius 1 is 1.47 bits per heavy atom. The number of carbonyl (C=O) groups is 1. The van der Waals surface area contributed by atoms with E-state index >= 15 is 0 Å². The van der Waals surface area contributed by atoms with E-state index in [1.54, 1.807) is 6.92 Å². The van der Waals surface area contributed by atoms with Crippen molar-refractivity contribution in [2.24, 2.45) is 5.14 Å². The maximum absolute atomic E-state index is 12.5. The highest BCUT2D eigenvalue weighted by atomic mass is 32.2. The lowest BCUT2D eigenvalue weighted by atomic mass is 10.0. The first-order valence-corrected chi connectivity index (χ1v) is 8.44. The molecular weight excluding hydrogens is 284 g/mol. The van der Waals surface area contributed by atoms with E-state index < -0.39 is 10.0 Å². The number of thiophene rings is 1. The van der Waals surface area contributed by atoms with E-state index in [1.165, 1.54) is 17.4 Å². The minimum absolute atomic E-state index is 0.0536. The van der Waals surface area contributed by atoms with Gasteiger partial charge in [0.2, 0.25) is 10.0 Å². The number of primary sulfonamides is 1. The van der Waals surface area contributed by atoms with Gasteiger partial charge in [-0.3, -0.25) is 4.79 Å². The van der Waals surface area contributed by atoms with Crippen LogP contribution in [-0.4, -0.2) is 31.3 Å². The van der Waals surface area contributed by atoms with Gasteiger partial charge in [0.15, 0.2) is 0 Å². The van der Waals surface area contributed by atoms with Crippen LogP contribution in [0.2, 0.25) is 0 Å². The molecule has 1 saturated heterocycles. The molecule has 1 aliphatic rings. The van der Waals surface area contributed by atoms with Gasteiger partial charge in [0.1, 0.15) is 0 Å². The van der Waals surface area contributed by atoms with Gasteiger partial charge in [0, 0.05) is 17.0 Å². The Morgan fingerprint density at radius 2 is 2.11 bits per heavy atom. The summed E-state index contributed by atoms with van der Waals surface area (Å²) in [6.07, 6.45) is 1.94. The lowest BCUT2D eigenvalue weighted by Crippen LogP contribution is -2.42. The van der Waals surface area contributed by atoms with Crippen LogP contribution in [0.3, 0.4) is 0 Å².